The number of aliphatic hydroxyl groups excluding tert-OH is 1. The van der Waals surface area contributed by atoms with Gasteiger partial charge in [-0.25, -0.2) is 23.9 Å². The Morgan fingerprint density at radius 1 is 1.03 bits per heavy atom. The summed E-state index contributed by atoms with van der Waals surface area (Å²) in [5, 5.41) is 18.0. The number of fused-ring (bicyclic) bond motifs is 2. The molecule has 5 aromatic rings. The zero-order valence-corrected chi connectivity index (χ0v) is 20.3. The molecule has 0 radical (unpaired) electrons. The predicted molar refractivity (Wildman–Crippen MR) is 134 cm³/mol. The minimum Gasteiger partial charge on any atom is -0.394 e. The maximum Gasteiger partial charge on any atom is 0.280 e. The number of amides is 1. The summed E-state index contributed by atoms with van der Waals surface area (Å²) in [6.07, 6.45) is 0. The van der Waals surface area contributed by atoms with Gasteiger partial charge in [0.15, 0.2) is 5.65 Å². The van der Waals surface area contributed by atoms with Gasteiger partial charge in [-0.3, -0.25) is 14.6 Å². The van der Waals surface area contributed by atoms with Crippen LogP contribution in [0.3, 0.4) is 0 Å². The Kier molecular flexibility index (Phi) is 7.67. The first kappa shape index (κ1) is 26.0. The van der Waals surface area contributed by atoms with Crippen molar-refractivity contribution >= 4 is 40.4 Å². The molecule has 0 aliphatic carbocycles. The number of aromatic nitrogens is 5. The summed E-state index contributed by atoms with van der Waals surface area (Å²) >= 11 is 0. The average Bonchev–Trinajstić information content (AvgIpc) is 3.25. The average molecular weight is 527 g/mol. The van der Waals surface area contributed by atoms with Gasteiger partial charge in [-0.1, -0.05) is 17.3 Å². The molecule has 0 spiro atoms. The molecule has 12 heteroatoms. The molecule has 190 valence electrons. The number of carbonyl (C=O) groups excluding carboxylic acids is 1. The van der Waals surface area contributed by atoms with E-state index in [1.54, 1.807) is 16.8 Å². The predicted octanol–water partition coefficient (Wildman–Crippen LogP) is 3.75. The number of benzene rings is 2. The Hall–Kier alpha value is -4.06. The van der Waals surface area contributed by atoms with Crippen molar-refractivity contribution in [3.8, 4) is 11.3 Å². The van der Waals surface area contributed by atoms with Crippen LogP contribution in [0.4, 0.5) is 8.78 Å². The van der Waals surface area contributed by atoms with Gasteiger partial charge in [-0.2, -0.15) is 0 Å². The zero-order chi connectivity index (χ0) is 25.2. The monoisotopic (exact) mass is 526 g/mol. The Morgan fingerprint density at radius 2 is 1.78 bits per heavy atom. The van der Waals surface area contributed by atoms with Gasteiger partial charge >= 0.3 is 0 Å². The van der Waals surface area contributed by atoms with Crippen LogP contribution in [0.15, 0.2) is 54.6 Å². The van der Waals surface area contributed by atoms with Crippen LogP contribution in [0.2, 0.25) is 0 Å². The molecule has 9 nitrogen and oxygen atoms in total. The first-order chi connectivity index (χ1) is 17.4. The Balaban J connectivity index is 0.00000320. The molecule has 0 bridgehead atoms. The van der Waals surface area contributed by atoms with E-state index in [1.165, 1.54) is 0 Å². The summed E-state index contributed by atoms with van der Waals surface area (Å²) < 4.78 is 30.9. The topological polar surface area (TPSA) is 115 Å². The van der Waals surface area contributed by atoms with Crippen LogP contribution >= 0.6 is 12.4 Å². The van der Waals surface area contributed by atoms with Gasteiger partial charge < -0.3 is 5.11 Å². The summed E-state index contributed by atoms with van der Waals surface area (Å²) in [4.78, 5) is 25.7. The van der Waals surface area contributed by atoms with Crippen LogP contribution in [-0.4, -0.2) is 49.2 Å². The smallest absolute Gasteiger partial charge is 0.280 e. The second kappa shape index (κ2) is 10.9. The van der Waals surface area contributed by atoms with Crippen LogP contribution in [0, 0.1) is 18.6 Å². The SMILES string of the molecule is Cc1ccc2cc(Cn3nnc4ccc(-c5cc(F)c(C(=O)NOCCO)c(F)c5)nc43)ccc2n1.Cl. The number of pyridine rings is 2. The van der Waals surface area contributed by atoms with Gasteiger partial charge in [-0.15, -0.1) is 17.5 Å². The molecular formula is C25H21ClF2N6O3. The quantitative estimate of drug-likeness (QED) is 0.245. The van der Waals surface area contributed by atoms with Crippen LogP contribution in [0.5, 0.6) is 0 Å². The van der Waals surface area contributed by atoms with E-state index in [4.69, 9.17) is 5.11 Å². The molecule has 1 amide bonds. The second-order valence-electron chi connectivity index (χ2n) is 8.08. The summed E-state index contributed by atoms with van der Waals surface area (Å²) in [6, 6.07) is 15.1. The van der Waals surface area contributed by atoms with E-state index in [9.17, 15) is 13.6 Å². The largest absolute Gasteiger partial charge is 0.394 e. The molecule has 5 rings (SSSR count). The Bertz CT molecular complexity index is 1590. The molecule has 2 N–H and O–H groups in total. The number of nitrogens with zero attached hydrogens (tertiary/aromatic N) is 5. The first-order valence-electron chi connectivity index (χ1n) is 11.0. The summed E-state index contributed by atoms with van der Waals surface area (Å²) in [6.45, 7) is 1.74. The highest BCUT2D eigenvalue weighted by atomic mass is 35.5. The molecule has 37 heavy (non-hydrogen) atoms. The number of carbonyl (C=O) groups is 1. The minimum atomic E-state index is -1.10. The lowest BCUT2D eigenvalue weighted by molar-refractivity contribution is 0.0162. The Morgan fingerprint density at radius 3 is 2.54 bits per heavy atom. The first-order valence-corrected chi connectivity index (χ1v) is 11.0. The Labute approximate surface area is 215 Å². The van der Waals surface area contributed by atoms with Crippen molar-refractivity contribution in [3.63, 3.8) is 0 Å². The van der Waals surface area contributed by atoms with Crippen molar-refractivity contribution < 1.29 is 23.5 Å². The molecule has 0 saturated heterocycles. The lowest BCUT2D eigenvalue weighted by atomic mass is 10.1. The van der Waals surface area contributed by atoms with Gasteiger partial charge in [0.1, 0.15) is 22.7 Å². The second-order valence-corrected chi connectivity index (χ2v) is 8.08. The molecular weight excluding hydrogens is 506 g/mol. The van der Waals surface area contributed by atoms with E-state index in [-0.39, 0.29) is 36.9 Å². The van der Waals surface area contributed by atoms with E-state index in [2.05, 4.69) is 25.1 Å². The lowest BCUT2D eigenvalue weighted by Gasteiger charge is -2.09. The summed E-state index contributed by atoms with van der Waals surface area (Å²) in [5.41, 5.74) is 5.26. The van der Waals surface area contributed by atoms with Crippen molar-refractivity contribution in [1.29, 1.82) is 0 Å². The van der Waals surface area contributed by atoms with E-state index in [1.807, 2.05) is 42.7 Å². The highest BCUT2D eigenvalue weighted by Crippen LogP contribution is 2.25. The normalized spacial score (nSPS) is 11.0. The summed E-state index contributed by atoms with van der Waals surface area (Å²) in [7, 11) is 0. The van der Waals surface area contributed by atoms with Crippen LogP contribution in [-0.2, 0) is 11.4 Å². The van der Waals surface area contributed by atoms with Crippen molar-refractivity contribution in [2.75, 3.05) is 13.2 Å². The maximum absolute atomic E-state index is 14.7. The highest BCUT2D eigenvalue weighted by molar-refractivity contribution is 5.94. The van der Waals surface area contributed by atoms with Crippen molar-refractivity contribution in [1.82, 2.24) is 30.4 Å². The molecule has 0 fully saturated rings. The molecule has 3 aromatic heterocycles. The third-order valence-corrected chi connectivity index (χ3v) is 5.51. The van der Waals surface area contributed by atoms with Gasteiger partial charge in [-0.05, 0) is 55.0 Å². The number of aliphatic hydroxyl groups is 1. The third kappa shape index (κ3) is 5.38. The molecule has 0 atom stereocenters. The van der Waals surface area contributed by atoms with Crippen LogP contribution in [0.1, 0.15) is 21.6 Å². The number of hydrogen-bond donors (Lipinski definition) is 2. The molecule has 3 heterocycles. The van der Waals surface area contributed by atoms with Gasteiger partial charge in [0.05, 0.1) is 31.0 Å². The molecule has 0 aliphatic heterocycles. The number of aryl methyl sites for hydroxylation is 1. The number of hydroxylamine groups is 1. The maximum atomic E-state index is 14.7. The van der Waals surface area contributed by atoms with Gasteiger partial charge in [0.2, 0.25) is 0 Å². The molecule has 0 saturated carbocycles. The van der Waals surface area contributed by atoms with E-state index in [0.717, 1.165) is 34.3 Å². The van der Waals surface area contributed by atoms with Crippen molar-refractivity contribution in [2.45, 2.75) is 13.5 Å². The lowest BCUT2D eigenvalue weighted by Crippen LogP contribution is -2.27. The number of nitrogens with one attached hydrogen (secondary N) is 1. The zero-order valence-electron chi connectivity index (χ0n) is 19.5. The molecule has 2 aromatic carbocycles. The minimum absolute atomic E-state index is 0. The fourth-order valence-corrected chi connectivity index (χ4v) is 3.82. The highest BCUT2D eigenvalue weighted by Gasteiger charge is 2.20. The third-order valence-electron chi connectivity index (χ3n) is 5.51. The fraction of sp³-hybridized carbons (Fsp3) is 0.160. The number of halogens is 3. The van der Waals surface area contributed by atoms with Gasteiger partial charge in [0.25, 0.3) is 5.91 Å². The number of rotatable bonds is 7. The molecule has 0 aliphatic rings. The van der Waals surface area contributed by atoms with E-state index in [0.29, 0.717) is 17.7 Å². The standard InChI is InChI=1S/C25H20F2N6O3.ClH/c1-14-2-4-16-10-15(3-5-20(16)28-14)13-33-24-22(30-32-33)7-6-21(29-24)17-11-18(26)23(19(27)12-17)25(35)31-36-9-8-34;/h2-7,10-12,34H,8-9,13H2,1H3,(H,31,35);1H. The fourth-order valence-electron chi connectivity index (χ4n) is 3.82. The van der Waals surface area contributed by atoms with Crippen LogP contribution in [0.25, 0.3) is 33.3 Å². The summed E-state index contributed by atoms with van der Waals surface area (Å²) in [5.74, 6) is -3.26. The number of hydrogen-bond acceptors (Lipinski definition) is 7. The van der Waals surface area contributed by atoms with Crippen LogP contribution < -0.4 is 5.48 Å². The van der Waals surface area contributed by atoms with Gasteiger partial charge in [0, 0.05) is 16.6 Å². The van der Waals surface area contributed by atoms with E-state index < -0.39 is 23.1 Å². The van der Waals surface area contributed by atoms with Crippen molar-refractivity contribution in [3.05, 3.63) is 83.1 Å². The van der Waals surface area contributed by atoms with Crippen molar-refractivity contribution in [2.24, 2.45) is 0 Å². The molecule has 0 unspecified atom stereocenters. The van der Waals surface area contributed by atoms with E-state index >= 15 is 0 Å².